The van der Waals surface area contributed by atoms with E-state index in [9.17, 15) is 4.79 Å². The van der Waals surface area contributed by atoms with E-state index in [1.54, 1.807) is 12.1 Å². The highest BCUT2D eigenvalue weighted by Gasteiger charge is 2.12. The second kappa shape index (κ2) is 8.08. The predicted molar refractivity (Wildman–Crippen MR) is 98.2 cm³/mol. The zero-order chi connectivity index (χ0) is 17.5. The van der Waals surface area contributed by atoms with Crippen LogP contribution in [0.2, 0.25) is 0 Å². The summed E-state index contributed by atoms with van der Waals surface area (Å²) in [6.07, 6.45) is 3.09. The first-order chi connectivity index (χ1) is 12.2. The molecule has 0 saturated heterocycles. The lowest BCUT2D eigenvalue weighted by Gasteiger charge is -1.95. The van der Waals surface area contributed by atoms with Gasteiger partial charge in [-0.1, -0.05) is 77.4 Å². The van der Waals surface area contributed by atoms with Crippen LogP contribution >= 0.6 is 11.6 Å². The van der Waals surface area contributed by atoms with Crippen molar-refractivity contribution in [2.45, 2.75) is 0 Å². The van der Waals surface area contributed by atoms with Gasteiger partial charge in [0.05, 0.1) is 11.2 Å². The van der Waals surface area contributed by atoms with Gasteiger partial charge in [-0.2, -0.15) is 5.10 Å². The molecule has 0 bridgehead atoms. The van der Waals surface area contributed by atoms with Crippen molar-refractivity contribution >= 4 is 29.8 Å². The van der Waals surface area contributed by atoms with Crippen LogP contribution in [0.1, 0.15) is 16.1 Å². The average molecular weight is 352 g/mol. The number of hydrogen-bond donors (Lipinski definition) is 1. The van der Waals surface area contributed by atoms with Gasteiger partial charge in [0.1, 0.15) is 0 Å². The lowest BCUT2D eigenvalue weighted by molar-refractivity contribution is 0.0946. The second-order valence-electron chi connectivity index (χ2n) is 5.08. The number of rotatable bonds is 5. The summed E-state index contributed by atoms with van der Waals surface area (Å²) in [7, 11) is 0. The van der Waals surface area contributed by atoms with Crippen molar-refractivity contribution in [3.63, 3.8) is 0 Å². The quantitative estimate of drug-likeness (QED) is 0.549. The number of carbonyl (C=O) groups is 1. The number of halogens is 1. The Morgan fingerprint density at radius 2 is 1.76 bits per heavy atom. The topological polar surface area (TPSA) is 67.5 Å². The summed E-state index contributed by atoms with van der Waals surface area (Å²) in [5, 5.41) is 7.95. The molecule has 1 amide bonds. The summed E-state index contributed by atoms with van der Waals surface area (Å²) in [4.78, 5) is 12.0. The van der Waals surface area contributed by atoms with Crippen LogP contribution in [0.3, 0.4) is 0 Å². The Morgan fingerprint density at radius 1 is 1.08 bits per heavy atom. The predicted octanol–water partition coefficient (Wildman–Crippen LogP) is 4.34. The fraction of sp³-hybridized carbons (Fsp3) is 0. The molecule has 6 heteroatoms. The van der Waals surface area contributed by atoms with E-state index < -0.39 is 5.91 Å². The van der Waals surface area contributed by atoms with Gasteiger partial charge in [-0.3, -0.25) is 4.79 Å². The lowest BCUT2D eigenvalue weighted by atomic mass is 10.1. The molecule has 0 atom stereocenters. The Hall–Kier alpha value is -3.18. The van der Waals surface area contributed by atoms with E-state index in [0.717, 1.165) is 11.1 Å². The Morgan fingerprint density at radius 3 is 2.48 bits per heavy atom. The lowest BCUT2D eigenvalue weighted by Crippen LogP contribution is -2.17. The first kappa shape index (κ1) is 16.7. The fourth-order valence-corrected chi connectivity index (χ4v) is 2.25. The zero-order valence-corrected chi connectivity index (χ0v) is 13.9. The summed E-state index contributed by atoms with van der Waals surface area (Å²) in [6, 6.07) is 20.5. The van der Waals surface area contributed by atoms with Crippen LogP contribution in [0.25, 0.3) is 17.4 Å². The van der Waals surface area contributed by atoms with Gasteiger partial charge in [0.25, 0.3) is 5.91 Å². The van der Waals surface area contributed by atoms with Gasteiger partial charge in [-0.25, -0.2) is 5.43 Å². The zero-order valence-electron chi connectivity index (χ0n) is 13.1. The molecular weight excluding hydrogens is 338 g/mol. The summed E-state index contributed by atoms with van der Waals surface area (Å²) >= 11 is 6.06. The molecule has 0 aliphatic rings. The van der Waals surface area contributed by atoms with Crippen molar-refractivity contribution < 1.29 is 9.32 Å². The standard InChI is InChI=1S/C19H14ClN3O2/c20-16(11-14-7-3-1-4-8-14)13-21-22-19(24)17-12-18(25-23-17)15-9-5-2-6-10-15/h1-13H,(H,22,24)/b16-11-,21-13+. The Kier molecular flexibility index (Phi) is 5.39. The number of hydrazone groups is 1. The molecule has 3 aromatic rings. The van der Waals surface area contributed by atoms with E-state index in [0.29, 0.717) is 10.8 Å². The smallest absolute Gasteiger partial charge is 0.293 e. The third-order valence-corrected chi connectivity index (χ3v) is 3.47. The Bertz CT molecular complexity index is 903. The highest BCUT2D eigenvalue weighted by atomic mass is 35.5. The van der Waals surface area contributed by atoms with Gasteiger partial charge in [0, 0.05) is 11.6 Å². The number of nitrogens with one attached hydrogen (secondary N) is 1. The normalized spacial score (nSPS) is 11.6. The van der Waals surface area contributed by atoms with Crippen molar-refractivity contribution in [3.05, 3.63) is 83.0 Å². The van der Waals surface area contributed by atoms with Crippen molar-refractivity contribution in [1.82, 2.24) is 10.6 Å². The number of carbonyl (C=O) groups excluding carboxylic acids is 1. The maximum Gasteiger partial charge on any atom is 0.293 e. The SMILES string of the molecule is O=C(N/N=C/C(Cl)=C/c1ccccc1)c1cc(-c2ccccc2)on1. The number of nitrogens with zero attached hydrogens (tertiary/aromatic N) is 2. The van der Waals surface area contributed by atoms with Gasteiger partial charge < -0.3 is 4.52 Å². The second-order valence-corrected chi connectivity index (χ2v) is 5.52. The van der Waals surface area contributed by atoms with Crippen LogP contribution < -0.4 is 5.43 Å². The van der Waals surface area contributed by atoms with Crippen LogP contribution in [-0.2, 0) is 0 Å². The molecule has 0 aliphatic heterocycles. The Balaban J connectivity index is 1.61. The monoisotopic (exact) mass is 351 g/mol. The molecule has 1 aromatic heterocycles. The van der Waals surface area contributed by atoms with Crippen LogP contribution in [0.4, 0.5) is 0 Å². The van der Waals surface area contributed by atoms with E-state index >= 15 is 0 Å². The van der Waals surface area contributed by atoms with E-state index in [1.807, 2.05) is 60.7 Å². The van der Waals surface area contributed by atoms with Crippen molar-refractivity contribution in [1.29, 1.82) is 0 Å². The van der Waals surface area contributed by atoms with Gasteiger partial charge in [-0.15, -0.1) is 0 Å². The van der Waals surface area contributed by atoms with E-state index in [1.165, 1.54) is 6.21 Å². The molecule has 0 spiro atoms. The van der Waals surface area contributed by atoms with E-state index in [2.05, 4.69) is 15.7 Å². The first-order valence-corrected chi connectivity index (χ1v) is 7.88. The molecule has 0 unspecified atom stereocenters. The molecule has 0 aliphatic carbocycles. The summed E-state index contributed by atoms with van der Waals surface area (Å²) in [5.74, 6) is 0.0306. The van der Waals surface area contributed by atoms with Crippen LogP contribution in [0.15, 0.2) is 81.4 Å². The van der Waals surface area contributed by atoms with E-state index in [4.69, 9.17) is 16.1 Å². The van der Waals surface area contributed by atoms with Crippen molar-refractivity contribution in [2.24, 2.45) is 5.10 Å². The number of aromatic nitrogens is 1. The van der Waals surface area contributed by atoms with E-state index in [-0.39, 0.29) is 5.69 Å². The number of hydrogen-bond acceptors (Lipinski definition) is 4. The average Bonchev–Trinajstić information content (AvgIpc) is 3.13. The molecule has 2 aromatic carbocycles. The molecule has 0 radical (unpaired) electrons. The summed E-state index contributed by atoms with van der Waals surface area (Å²) < 4.78 is 5.18. The number of benzene rings is 2. The number of amides is 1. The summed E-state index contributed by atoms with van der Waals surface area (Å²) in [5.41, 5.74) is 4.28. The van der Waals surface area contributed by atoms with Crippen LogP contribution in [0.5, 0.6) is 0 Å². The largest absolute Gasteiger partial charge is 0.355 e. The van der Waals surface area contributed by atoms with Gasteiger partial charge in [0.2, 0.25) is 0 Å². The molecule has 3 rings (SSSR count). The molecule has 1 N–H and O–H groups in total. The maximum atomic E-state index is 12.0. The molecule has 25 heavy (non-hydrogen) atoms. The molecule has 1 heterocycles. The minimum Gasteiger partial charge on any atom is -0.355 e. The summed E-state index contributed by atoms with van der Waals surface area (Å²) in [6.45, 7) is 0. The van der Waals surface area contributed by atoms with Gasteiger partial charge in [-0.05, 0) is 11.6 Å². The van der Waals surface area contributed by atoms with Crippen LogP contribution in [-0.4, -0.2) is 17.3 Å². The third-order valence-electron chi connectivity index (χ3n) is 3.26. The number of allylic oxidation sites excluding steroid dienone is 1. The third kappa shape index (κ3) is 4.65. The molecular formula is C19H14ClN3O2. The molecule has 0 saturated carbocycles. The van der Waals surface area contributed by atoms with Crippen molar-refractivity contribution in [2.75, 3.05) is 0 Å². The Labute approximate surface area is 149 Å². The van der Waals surface area contributed by atoms with Crippen molar-refractivity contribution in [3.8, 4) is 11.3 Å². The van der Waals surface area contributed by atoms with Crippen LogP contribution in [0, 0.1) is 0 Å². The minimum absolute atomic E-state index is 0.138. The highest BCUT2D eigenvalue weighted by molar-refractivity contribution is 6.41. The molecule has 124 valence electrons. The fourth-order valence-electron chi connectivity index (χ4n) is 2.08. The van der Waals surface area contributed by atoms with Gasteiger partial charge >= 0.3 is 0 Å². The molecule has 0 fully saturated rings. The van der Waals surface area contributed by atoms with Gasteiger partial charge in [0.15, 0.2) is 11.5 Å². The minimum atomic E-state index is -0.480. The molecule has 5 nitrogen and oxygen atoms in total. The maximum absolute atomic E-state index is 12.0. The first-order valence-electron chi connectivity index (χ1n) is 7.50. The highest BCUT2D eigenvalue weighted by Crippen LogP contribution is 2.19.